The number of para-hydroxylation sites is 1. The molecule has 2 heterocycles. The molecule has 1 N–H and O–H groups in total. The first kappa shape index (κ1) is 11.7. The monoisotopic (exact) mass is 243 g/mol. The zero-order valence-corrected chi connectivity index (χ0v) is 11.2. The molecule has 18 heavy (non-hydrogen) atoms. The van der Waals surface area contributed by atoms with Crippen molar-refractivity contribution in [3.8, 4) is 0 Å². The molecule has 0 saturated carbocycles. The zero-order valence-electron chi connectivity index (χ0n) is 11.2. The van der Waals surface area contributed by atoms with E-state index in [-0.39, 0.29) is 0 Å². The van der Waals surface area contributed by atoms with E-state index in [9.17, 15) is 0 Å². The van der Waals surface area contributed by atoms with Crippen LogP contribution in [0.25, 0.3) is 11.0 Å². The molecule has 0 amide bonds. The molecule has 1 fully saturated rings. The quantitative estimate of drug-likeness (QED) is 0.878. The third-order valence-corrected chi connectivity index (χ3v) is 4.14. The molecule has 0 radical (unpaired) electrons. The smallest absolute Gasteiger partial charge is 0.109 e. The number of hydrogen-bond acceptors (Lipinski definition) is 2. The molecule has 0 atom stereocenters. The summed E-state index contributed by atoms with van der Waals surface area (Å²) in [4.78, 5) is 4.85. The van der Waals surface area contributed by atoms with E-state index in [1.807, 2.05) is 0 Å². The van der Waals surface area contributed by atoms with Crippen LogP contribution in [-0.4, -0.2) is 22.6 Å². The average molecular weight is 243 g/mol. The fourth-order valence-electron chi connectivity index (χ4n) is 2.93. The highest BCUT2D eigenvalue weighted by Crippen LogP contribution is 2.22. The summed E-state index contributed by atoms with van der Waals surface area (Å²) in [5.74, 6) is 2.04. The normalized spacial score (nSPS) is 17.4. The Morgan fingerprint density at radius 1 is 1.33 bits per heavy atom. The van der Waals surface area contributed by atoms with Gasteiger partial charge in [-0.2, -0.15) is 0 Å². The van der Waals surface area contributed by atoms with Crippen LogP contribution in [0, 0.1) is 12.8 Å². The van der Waals surface area contributed by atoms with E-state index in [2.05, 4.69) is 42.1 Å². The summed E-state index contributed by atoms with van der Waals surface area (Å²) in [6.45, 7) is 4.46. The van der Waals surface area contributed by atoms with Crippen molar-refractivity contribution in [2.24, 2.45) is 13.0 Å². The lowest BCUT2D eigenvalue weighted by molar-refractivity contribution is 0.365. The Morgan fingerprint density at radius 3 is 2.83 bits per heavy atom. The summed E-state index contributed by atoms with van der Waals surface area (Å²) in [6.07, 6.45) is 3.68. The van der Waals surface area contributed by atoms with Gasteiger partial charge in [-0.15, -0.1) is 0 Å². The molecule has 1 aliphatic rings. The van der Waals surface area contributed by atoms with Gasteiger partial charge >= 0.3 is 0 Å². The second-order valence-electron chi connectivity index (χ2n) is 5.43. The number of aryl methyl sites for hydroxylation is 2. The van der Waals surface area contributed by atoms with Gasteiger partial charge < -0.3 is 9.88 Å². The first-order valence-corrected chi connectivity index (χ1v) is 6.87. The molecule has 3 heteroatoms. The molecule has 1 aromatic heterocycles. The Labute approximate surface area is 108 Å². The average Bonchev–Trinajstić information content (AvgIpc) is 2.70. The molecule has 0 aliphatic carbocycles. The first-order chi connectivity index (χ1) is 8.75. The van der Waals surface area contributed by atoms with Gasteiger partial charge in [-0.25, -0.2) is 4.98 Å². The van der Waals surface area contributed by atoms with Crippen LogP contribution in [0.15, 0.2) is 18.2 Å². The fraction of sp³-hybridized carbons (Fsp3) is 0.533. The Balaban J connectivity index is 1.92. The van der Waals surface area contributed by atoms with Crippen LogP contribution in [-0.2, 0) is 13.5 Å². The van der Waals surface area contributed by atoms with E-state index >= 15 is 0 Å². The molecular formula is C15H21N3. The van der Waals surface area contributed by atoms with E-state index in [1.165, 1.54) is 35.3 Å². The van der Waals surface area contributed by atoms with Gasteiger partial charge in [0.05, 0.1) is 11.0 Å². The van der Waals surface area contributed by atoms with E-state index in [1.54, 1.807) is 0 Å². The van der Waals surface area contributed by atoms with Crippen molar-refractivity contribution in [3.05, 3.63) is 29.6 Å². The van der Waals surface area contributed by atoms with Gasteiger partial charge in [-0.05, 0) is 50.4 Å². The maximum absolute atomic E-state index is 4.85. The highest BCUT2D eigenvalue weighted by molar-refractivity contribution is 5.79. The fourth-order valence-corrected chi connectivity index (χ4v) is 2.93. The molecular weight excluding hydrogens is 222 g/mol. The third-order valence-electron chi connectivity index (χ3n) is 4.14. The largest absolute Gasteiger partial charge is 0.331 e. The van der Waals surface area contributed by atoms with Gasteiger partial charge in [0.25, 0.3) is 0 Å². The predicted octanol–water partition coefficient (Wildman–Crippen LogP) is 2.42. The molecule has 96 valence electrons. The molecule has 3 nitrogen and oxygen atoms in total. The maximum atomic E-state index is 4.85. The number of aromatic nitrogens is 2. The molecule has 0 spiro atoms. The summed E-state index contributed by atoms with van der Waals surface area (Å²) in [5, 5.41) is 3.42. The van der Waals surface area contributed by atoms with Crippen LogP contribution in [0.3, 0.4) is 0 Å². The van der Waals surface area contributed by atoms with Crippen molar-refractivity contribution >= 4 is 11.0 Å². The van der Waals surface area contributed by atoms with Gasteiger partial charge in [0, 0.05) is 13.5 Å². The van der Waals surface area contributed by atoms with Gasteiger partial charge in [-0.1, -0.05) is 12.1 Å². The number of nitrogens with one attached hydrogen (secondary N) is 1. The standard InChI is InChI=1S/C15H21N3/c1-11-4-3-5-13-15(11)17-14(18(13)2)10-12-6-8-16-9-7-12/h3-5,12,16H,6-10H2,1-2H3. The molecule has 1 aromatic carbocycles. The van der Waals surface area contributed by atoms with E-state index in [0.29, 0.717) is 0 Å². The number of rotatable bonds is 2. The minimum absolute atomic E-state index is 0.794. The zero-order chi connectivity index (χ0) is 12.5. The second-order valence-corrected chi connectivity index (χ2v) is 5.43. The van der Waals surface area contributed by atoms with Crippen LogP contribution in [0.1, 0.15) is 24.2 Å². The van der Waals surface area contributed by atoms with Crippen LogP contribution in [0.2, 0.25) is 0 Å². The Morgan fingerprint density at radius 2 is 2.11 bits per heavy atom. The predicted molar refractivity (Wildman–Crippen MR) is 74.7 cm³/mol. The summed E-state index contributed by atoms with van der Waals surface area (Å²) in [5.41, 5.74) is 3.71. The van der Waals surface area contributed by atoms with Crippen molar-refractivity contribution in [1.82, 2.24) is 14.9 Å². The van der Waals surface area contributed by atoms with Gasteiger partial charge in [0.1, 0.15) is 5.82 Å². The van der Waals surface area contributed by atoms with E-state index < -0.39 is 0 Å². The Hall–Kier alpha value is -1.35. The van der Waals surface area contributed by atoms with Crippen LogP contribution in [0.4, 0.5) is 0 Å². The molecule has 0 unspecified atom stereocenters. The van der Waals surface area contributed by atoms with Crippen molar-refractivity contribution in [1.29, 1.82) is 0 Å². The SMILES string of the molecule is Cc1cccc2c1nc(CC1CCNCC1)n2C. The second kappa shape index (κ2) is 4.73. The Bertz CT molecular complexity index is 550. The number of imidazole rings is 1. The van der Waals surface area contributed by atoms with Gasteiger partial charge in [0.15, 0.2) is 0 Å². The van der Waals surface area contributed by atoms with E-state index in [0.717, 1.165) is 25.4 Å². The lowest BCUT2D eigenvalue weighted by Crippen LogP contribution is -2.29. The topological polar surface area (TPSA) is 29.9 Å². The summed E-state index contributed by atoms with van der Waals surface area (Å²) in [7, 11) is 2.14. The van der Waals surface area contributed by atoms with Crippen molar-refractivity contribution in [3.63, 3.8) is 0 Å². The molecule has 3 rings (SSSR count). The highest BCUT2D eigenvalue weighted by atomic mass is 15.1. The third kappa shape index (κ3) is 2.03. The number of benzene rings is 1. The van der Waals surface area contributed by atoms with Crippen molar-refractivity contribution in [2.75, 3.05) is 13.1 Å². The summed E-state index contributed by atoms with van der Waals surface area (Å²) >= 11 is 0. The number of fused-ring (bicyclic) bond motifs is 1. The van der Waals surface area contributed by atoms with Crippen molar-refractivity contribution < 1.29 is 0 Å². The lowest BCUT2D eigenvalue weighted by Gasteiger charge is -2.22. The molecule has 0 bridgehead atoms. The van der Waals surface area contributed by atoms with Gasteiger partial charge in [-0.3, -0.25) is 0 Å². The van der Waals surface area contributed by atoms with Crippen LogP contribution in [0.5, 0.6) is 0 Å². The van der Waals surface area contributed by atoms with Gasteiger partial charge in [0.2, 0.25) is 0 Å². The Kier molecular flexibility index (Phi) is 3.08. The number of piperidine rings is 1. The minimum Gasteiger partial charge on any atom is -0.331 e. The number of nitrogens with zero attached hydrogens (tertiary/aromatic N) is 2. The highest BCUT2D eigenvalue weighted by Gasteiger charge is 2.17. The molecule has 1 aliphatic heterocycles. The molecule has 1 saturated heterocycles. The number of hydrogen-bond donors (Lipinski definition) is 1. The molecule has 2 aromatic rings. The van der Waals surface area contributed by atoms with Crippen LogP contribution >= 0.6 is 0 Å². The maximum Gasteiger partial charge on any atom is 0.109 e. The van der Waals surface area contributed by atoms with Crippen molar-refractivity contribution in [2.45, 2.75) is 26.2 Å². The first-order valence-electron chi connectivity index (χ1n) is 6.87. The lowest BCUT2D eigenvalue weighted by atomic mass is 9.94. The summed E-state index contributed by atoms with van der Waals surface area (Å²) < 4.78 is 2.27. The summed E-state index contributed by atoms with van der Waals surface area (Å²) in [6, 6.07) is 6.43. The van der Waals surface area contributed by atoms with E-state index in [4.69, 9.17) is 4.98 Å². The minimum atomic E-state index is 0.794. The van der Waals surface area contributed by atoms with Crippen LogP contribution < -0.4 is 5.32 Å².